The first-order chi connectivity index (χ1) is 16.3. The van der Waals surface area contributed by atoms with Crippen molar-refractivity contribution in [2.75, 3.05) is 4.31 Å². The van der Waals surface area contributed by atoms with E-state index in [-0.39, 0.29) is 28.0 Å². The molecule has 0 aliphatic rings. The van der Waals surface area contributed by atoms with Crippen LogP contribution in [0.1, 0.15) is 28.9 Å². The SMILES string of the molecule is CC(NC(=O)c1ccc(F)cc1N(c1cccc2nccnc12)S(=O)[O-])c1ccc(F)cc1F. The highest BCUT2D eigenvalue weighted by Crippen LogP contribution is 2.34. The Kier molecular flexibility index (Phi) is 6.57. The Morgan fingerprint density at radius 1 is 1.00 bits per heavy atom. The number of carbonyl (C=O) groups excluding carboxylic acids is 1. The minimum absolute atomic E-state index is 0.0204. The fourth-order valence-corrected chi connectivity index (χ4v) is 4.12. The van der Waals surface area contributed by atoms with E-state index in [4.69, 9.17) is 0 Å². The van der Waals surface area contributed by atoms with Crippen molar-refractivity contribution in [2.45, 2.75) is 13.0 Å². The first-order valence-electron chi connectivity index (χ1n) is 9.91. The third kappa shape index (κ3) is 4.61. The Morgan fingerprint density at radius 2 is 1.71 bits per heavy atom. The van der Waals surface area contributed by atoms with E-state index in [0.717, 1.165) is 28.6 Å². The average molecular weight is 485 g/mol. The molecule has 11 heteroatoms. The summed E-state index contributed by atoms with van der Waals surface area (Å²) < 4.78 is 66.9. The molecule has 0 aliphatic carbocycles. The second-order valence-corrected chi connectivity index (χ2v) is 8.03. The molecule has 1 aromatic heterocycles. The lowest BCUT2D eigenvalue weighted by Gasteiger charge is -2.29. The van der Waals surface area contributed by atoms with Gasteiger partial charge in [-0.1, -0.05) is 12.1 Å². The summed E-state index contributed by atoms with van der Waals surface area (Å²) >= 11 is -2.98. The third-order valence-corrected chi connectivity index (χ3v) is 5.74. The summed E-state index contributed by atoms with van der Waals surface area (Å²) in [6, 6.07) is 9.63. The van der Waals surface area contributed by atoms with Gasteiger partial charge in [0.15, 0.2) is 0 Å². The van der Waals surface area contributed by atoms with Crippen molar-refractivity contribution in [1.29, 1.82) is 0 Å². The molecule has 1 amide bonds. The number of carbonyl (C=O) groups is 1. The van der Waals surface area contributed by atoms with Gasteiger partial charge < -0.3 is 9.87 Å². The number of halogens is 3. The number of hydrogen-bond donors (Lipinski definition) is 1. The van der Waals surface area contributed by atoms with Crippen LogP contribution in [0.3, 0.4) is 0 Å². The Bertz CT molecular complexity index is 1410. The minimum atomic E-state index is -2.98. The predicted octanol–water partition coefficient (Wildman–Crippen LogP) is 4.47. The van der Waals surface area contributed by atoms with Gasteiger partial charge in [0.25, 0.3) is 5.91 Å². The van der Waals surface area contributed by atoms with Crippen LogP contribution in [0.25, 0.3) is 11.0 Å². The van der Waals surface area contributed by atoms with Crippen molar-refractivity contribution >= 4 is 39.6 Å². The number of rotatable bonds is 6. The van der Waals surface area contributed by atoms with Crippen molar-refractivity contribution in [1.82, 2.24) is 15.3 Å². The van der Waals surface area contributed by atoms with Gasteiger partial charge in [-0.15, -0.1) is 0 Å². The lowest BCUT2D eigenvalue weighted by Crippen LogP contribution is -2.30. The molecule has 1 N–H and O–H groups in total. The van der Waals surface area contributed by atoms with E-state index < -0.39 is 40.7 Å². The van der Waals surface area contributed by atoms with Crippen LogP contribution in [0.2, 0.25) is 0 Å². The van der Waals surface area contributed by atoms with Crippen molar-refractivity contribution in [2.24, 2.45) is 0 Å². The number of anilines is 2. The highest BCUT2D eigenvalue weighted by molar-refractivity contribution is 7.81. The van der Waals surface area contributed by atoms with E-state index >= 15 is 0 Å². The van der Waals surface area contributed by atoms with Gasteiger partial charge in [0.05, 0.1) is 39.8 Å². The van der Waals surface area contributed by atoms with Crippen LogP contribution in [0, 0.1) is 17.5 Å². The molecule has 2 unspecified atom stereocenters. The number of aromatic nitrogens is 2. The van der Waals surface area contributed by atoms with Gasteiger partial charge >= 0.3 is 0 Å². The fourth-order valence-electron chi connectivity index (χ4n) is 3.50. The van der Waals surface area contributed by atoms with E-state index in [1.165, 1.54) is 31.5 Å². The van der Waals surface area contributed by atoms with E-state index in [2.05, 4.69) is 15.3 Å². The normalized spacial score (nSPS) is 12.9. The lowest BCUT2D eigenvalue weighted by molar-refractivity contribution is 0.0940. The van der Waals surface area contributed by atoms with Crippen LogP contribution in [-0.2, 0) is 11.3 Å². The Morgan fingerprint density at radius 3 is 2.44 bits per heavy atom. The Labute approximate surface area is 194 Å². The maximum Gasteiger partial charge on any atom is 0.253 e. The van der Waals surface area contributed by atoms with Gasteiger partial charge in [-0.2, -0.15) is 0 Å². The van der Waals surface area contributed by atoms with Gasteiger partial charge in [-0.25, -0.2) is 13.2 Å². The van der Waals surface area contributed by atoms with Crippen molar-refractivity contribution in [3.05, 3.63) is 95.6 Å². The molecule has 0 spiro atoms. The highest BCUT2D eigenvalue weighted by Gasteiger charge is 2.24. The van der Waals surface area contributed by atoms with Crippen LogP contribution >= 0.6 is 0 Å². The molecule has 1 heterocycles. The molecular formula is C23H16F3N4O3S-. The Balaban J connectivity index is 1.77. The standard InChI is InChI=1S/C23H17F3N4O3S/c1-13(16-7-5-14(24)11-18(16)26)29-23(31)17-8-6-15(25)12-21(17)30(34(32)33)20-4-2-3-19-22(20)28-10-9-27-19/h2-13H,1H3,(H,29,31)(H,32,33)/p-1. The topological polar surface area (TPSA) is 98.2 Å². The predicted molar refractivity (Wildman–Crippen MR) is 119 cm³/mol. The monoisotopic (exact) mass is 485 g/mol. The largest absolute Gasteiger partial charge is 0.755 e. The number of nitrogens with zero attached hydrogens (tertiary/aromatic N) is 3. The second kappa shape index (κ2) is 9.57. The molecule has 4 rings (SSSR count). The van der Waals surface area contributed by atoms with Crippen molar-refractivity contribution in [3.8, 4) is 0 Å². The summed E-state index contributed by atoms with van der Waals surface area (Å²) in [7, 11) is 0. The van der Waals surface area contributed by atoms with Crippen LogP contribution in [0.5, 0.6) is 0 Å². The lowest BCUT2D eigenvalue weighted by atomic mass is 10.1. The average Bonchev–Trinajstić information content (AvgIpc) is 2.79. The number of fused-ring (bicyclic) bond motifs is 1. The van der Waals surface area contributed by atoms with Gasteiger partial charge in [0.2, 0.25) is 0 Å². The molecule has 34 heavy (non-hydrogen) atoms. The molecule has 4 aromatic rings. The molecule has 2 atom stereocenters. The maximum absolute atomic E-state index is 14.2. The first-order valence-corrected chi connectivity index (χ1v) is 10.9. The van der Waals surface area contributed by atoms with Crippen molar-refractivity contribution in [3.63, 3.8) is 0 Å². The number of hydrogen-bond acceptors (Lipinski definition) is 5. The summed E-state index contributed by atoms with van der Waals surface area (Å²) in [5, 5.41) is 2.54. The van der Waals surface area contributed by atoms with E-state index in [1.54, 1.807) is 12.1 Å². The summed E-state index contributed by atoms with van der Waals surface area (Å²) in [6.07, 6.45) is 2.80. The minimum Gasteiger partial charge on any atom is -0.755 e. The summed E-state index contributed by atoms with van der Waals surface area (Å²) in [6.45, 7) is 1.47. The molecule has 0 bridgehead atoms. The van der Waals surface area contributed by atoms with E-state index in [1.807, 2.05) is 0 Å². The van der Waals surface area contributed by atoms with Gasteiger partial charge in [-0.05, 0) is 43.3 Å². The maximum atomic E-state index is 14.2. The molecule has 0 saturated heterocycles. The molecule has 7 nitrogen and oxygen atoms in total. The van der Waals surface area contributed by atoms with E-state index in [9.17, 15) is 26.7 Å². The van der Waals surface area contributed by atoms with Crippen LogP contribution in [-0.4, -0.2) is 24.6 Å². The molecule has 0 fully saturated rings. The zero-order valence-electron chi connectivity index (χ0n) is 17.5. The summed E-state index contributed by atoms with van der Waals surface area (Å²) in [5.41, 5.74) is 0.199. The van der Waals surface area contributed by atoms with Gasteiger partial charge in [-0.3, -0.25) is 23.3 Å². The number of amides is 1. The molecular weight excluding hydrogens is 469 g/mol. The second-order valence-electron chi connectivity index (χ2n) is 7.24. The zero-order chi connectivity index (χ0) is 24.4. The van der Waals surface area contributed by atoms with Gasteiger partial charge in [0, 0.05) is 24.0 Å². The van der Waals surface area contributed by atoms with E-state index in [0.29, 0.717) is 11.6 Å². The Hall–Kier alpha value is -3.83. The van der Waals surface area contributed by atoms with Crippen molar-refractivity contribution < 1.29 is 26.7 Å². The third-order valence-electron chi connectivity index (χ3n) is 5.05. The number of nitrogens with one attached hydrogen (secondary N) is 1. The highest BCUT2D eigenvalue weighted by atomic mass is 32.2. The summed E-state index contributed by atoms with van der Waals surface area (Å²) in [4.78, 5) is 21.4. The van der Waals surface area contributed by atoms with Gasteiger partial charge in [0.1, 0.15) is 23.0 Å². The first kappa shape index (κ1) is 23.3. The van der Waals surface area contributed by atoms with Crippen LogP contribution in [0.4, 0.5) is 24.5 Å². The molecule has 174 valence electrons. The number of para-hydroxylation sites is 1. The zero-order valence-corrected chi connectivity index (χ0v) is 18.4. The molecule has 0 saturated carbocycles. The molecule has 0 radical (unpaired) electrons. The fraction of sp³-hybridized carbons (Fsp3) is 0.0870. The quantitative estimate of drug-likeness (QED) is 0.407. The number of benzene rings is 3. The summed E-state index contributed by atoms with van der Waals surface area (Å²) in [5.74, 6) is -3.21. The smallest absolute Gasteiger partial charge is 0.253 e. The molecule has 3 aromatic carbocycles. The molecule has 0 aliphatic heterocycles. The van der Waals surface area contributed by atoms with Crippen LogP contribution in [0.15, 0.2) is 67.0 Å². The van der Waals surface area contributed by atoms with Crippen LogP contribution < -0.4 is 9.62 Å².